The molecule has 0 bridgehead atoms. The second kappa shape index (κ2) is 9.48. The number of carbonyl (C=O) groups excluding carboxylic acids is 2. The van der Waals surface area contributed by atoms with Crippen LogP contribution in [0.25, 0.3) is 11.0 Å². The number of nitrogens with zero attached hydrogens (tertiary/aromatic N) is 2. The van der Waals surface area contributed by atoms with Crippen LogP contribution in [0, 0.1) is 5.92 Å². The van der Waals surface area contributed by atoms with Gasteiger partial charge in [-0.2, -0.15) is 4.74 Å². The van der Waals surface area contributed by atoms with Gasteiger partial charge in [-0.05, 0) is 43.8 Å². The summed E-state index contributed by atoms with van der Waals surface area (Å²) in [5.74, 6) is -1.70. The van der Waals surface area contributed by atoms with E-state index < -0.39 is 17.5 Å². The van der Waals surface area contributed by atoms with Gasteiger partial charge in [0.25, 0.3) is 5.56 Å². The molecule has 1 aromatic heterocycles. The fraction of sp³-hybridized carbons (Fsp3) is 0.320. The number of fused-ring (bicyclic) bond motifs is 3. The molecule has 34 heavy (non-hydrogen) atoms. The Bertz CT molecular complexity index is 1320. The van der Waals surface area contributed by atoms with Gasteiger partial charge in [-0.25, -0.2) is 9.59 Å². The van der Waals surface area contributed by atoms with Crippen molar-refractivity contribution >= 4 is 34.5 Å². The van der Waals surface area contributed by atoms with Crippen LogP contribution in [0.4, 0.5) is 0 Å². The molecule has 176 valence electrons. The van der Waals surface area contributed by atoms with Gasteiger partial charge in [0.15, 0.2) is 17.1 Å². The summed E-state index contributed by atoms with van der Waals surface area (Å²) in [5, 5.41) is 0.0303. The quantitative estimate of drug-likeness (QED) is 0.405. The van der Waals surface area contributed by atoms with Crippen molar-refractivity contribution in [1.82, 2.24) is 9.64 Å². The minimum Gasteiger partial charge on any atom is -0.418 e. The molecule has 2 aliphatic rings. The number of aromatic nitrogens is 1. The monoisotopic (exact) mass is 482 g/mol. The Hall–Kier alpha value is -3.36. The molecule has 2 aromatic carbocycles. The first-order valence-corrected chi connectivity index (χ1v) is 11.6. The van der Waals surface area contributed by atoms with Gasteiger partial charge in [0.2, 0.25) is 0 Å². The van der Waals surface area contributed by atoms with Crippen molar-refractivity contribution < 1.29 is 23.6 Å². The number of rotatable bonds is 5. The van der Waals surface area contributed by atoms with Crippen LogP contribution in [-0.4, -0.2) is 41.2 Å². The molecule has 0 saturated carbocycles. The summed E-state index contributed by atoms with van der Waals surface area (Å²) in [7, 11) is 0. The average molecular weight is 483 g/mol. The van der Waals surface area contributed by atoms with Gasteiger partial charge in [-0.15, -0.1) is 0 Å². The van der Waals surface area contributed by atoms with E-state index in [0.717, 1.165) is 51.0 Å². The lowest BCUT2D eigenvalue weighted by Gasteiger charge is -2.31. The zero-order valence-electron chi connectivity index (χ0n) is 18.4. The van der Waals surface area contributed by atoms with Gasteiger partial charge < -0.3 is 18.9 Å². The van der Waals surface area contributed by atoms with E-state index in [4.69, 9.17) is 25.6 Å². The van der Waals surface area contributed by atoms with Crippen molar-refractivity contribution in [3.05, 3.63) is 69.5 Å². The Morgan fingerprint density at radius 2 is 1.62 bits per heavy atom. The summed E-state index contributed by atoms with van der Waals surface area (Å²) >= 11 is 6.23. The number of carbonyl (C=O) groups is 2. The number of halogens is 1. The van der Waals surface area contributed by atoms with Crippen molar-refractivity contribution in [2.75, 3.05) is 19.6 Å². The molecule has 2 aliphatic heterocycles. The third kappa shape index (κ3) is 4.64. The number of likely N-dealkylation sites (tertiary alicyclic amines) is 1. The lowest BCUT2D eigenvalue weighted by Crippen LogP contribution is -2.37. The highest BCUT2D eigenvalue weighted by molar-refractivity contribution is 6.33. The number of piperidine rings is 1. The minimum absolute atomic E-state index is 0.00609. The molecule has 0 amide bonds. The van der Waals surface area contributed by atoms with Crippen LogP contribution in [0.15, 0.2) is 57.9 Å². The van der Waals surface area contributed by atoms with Crippen molar-refractivity contribution in [1.29, 1.82) is 0 Å². The highest BCUT2D eigenvalue weighted by Crippen LogP contribution is 2.41. The Morgan fingerprint density at radius 1 is 0.941 bits per heavy atom. The first-order chi connectivity index (χ1) is 16.5. The Balaban J connectivity index is 1.31. The normalized spacial score (nSPS) is 18.1. The van der Waals surface area contributed by atoms with Gasteiger partial charge in [0.1, 0.15) is 5.39 Å². The molecular weight excluding hydrogens is 460 g/mol. The summed E-state index contributed by atoms with van der Waals surface area (Å²) in [6.07, 6.45) is 4.76. The van der Waals surface area contributed by atoms with Crippen LogP contribution in [0.3, 0.4) is 0 Å². The van der Waals surface area contributed by atoms with Crippen molar-refractivity contribution in [3.8, 4) is 11.5 Å². The molecule has 0 radical (unpaired) electrons. The fourth-order valence-corrected chi connectivity index (χ4v) is 4.65. The van der Waals surface area contributed by atoms with E-state index in [1.165, 1.54) is 16.4 Å². The number of ether oxygens (including phenoxy) is 2. The zero-order valence-corrected chi connectivity index (χ0v) is 19.1. The molecule has 0 atom stereocenters. The van der Waals surface area contributed by atoms with Crippen LogP contribution in [0.1, 0.15) is 18.4 Å². The average Bonchev–Trinajstić information content (AvgIpc) is 3.13. The van der Waals surface area contributed by atoms with E-state index in [-0.39, 0.29) is 33.4 Å². The maximum atomic E-state index is 13.2. The van der Waals surface area contributed by atoms with Crippen LogP contribution < -0.4 is 15.0 Å². The summed E-state index contributed by atoms with van der Waals surface area (Å²) in [6, 6.07) is 11.8. The summed E-state index contributed by atoms with van der Waals surface area (Å²) < 4.78 is 17.5. The first kappa shape index (κ1) is 22.4. The van der Waals surface area contributed by atoms with E-state index in [9.17, 15) is 14.4 Å². The van der Waals surface area contributed by atoms with E-state index in [2.05, 4.69) is 29.2 Å². The van der Waals surface area contributed by atoms with E-state index >= 15 is 0 Å². The van der Waals surface area contributed by atoms with Crippen LogP contribution in [0.2, 0.25) is 5.02 Å². The Morgan fingerprint density at radius 3 is 2.32 bits per heavy atom. The van der Waals surface area contributed by atoms with Crippen molar-refractivity contribution in [3.63, 3.8) is 0 Å². The van der Waals surface area contributed by atoms with E-state index in [1.54, 1.807) is 0 Å². The lowest BCUT2D eigenvalue weighted by atomic mass is 9.96. The molecule has 3 aromatic rings. The highest BCUT2D eigenvalue weighted by atomic mass is 35.5. The molecule has 3 heterocycles. The van der Waals surface area contributed by atoms with Gasteiger partial charge in [-0.1, -0.05) is 41.9 Å². The number of hydrogen-bond donors (Lipinski definition) is 0. The van der Waals surface area contributed by atoms with Gasteiger partial charge in [0.05, 0.1) is 11.6 Å². The molecule has 0 aliphatic carbocycles. The third-order valence-corrected chi connectivity index (χ3v) is 6.54. The highest BCUT2D eigenvalue weighted by Gasteiger charge is 2.28. The molecule has 0 N–H and O–H groups in total. The number of benzene rings is 2. The number of hydrogen-bond acceptors (Lipinski definition) is 7. The smallest absolute Gasteiger partial charge is 0.336 e. The predicted molar refractivity (Wildman–Crippen MR) is 125 cm³/mol. The maximum Gasteiger partial charge on any atom is 0.336 e. The second-order valence-corrected chi connectivity index (χ2v) is 8.95. The number of esters is 2. The van der Waals surface area contributed by atoms with Crippen LogP contribution >= 0.6 is 11.6 Å². The standard InChI is InChI=1S/C25H23ClN2O6/c26-18-14-19-22(24-23(18)32-20(29)6-7-21(30)33-24)25(31)28(34-19)15-17-9-12-27(13-10-17)11-8-16-4-2-1-3-5-16/h1-7,14,17H,8-13,15H2/b7-6+. The molecule has 1 saturated heterocycles. The molecular formula is C25H23ClN2O6. The summed E-state index contributed by atoms with van der Waals surface area (Å²) in [4.78, 5) is 39.5. The minimum atomic E-state index is -0.809. The van der Waals surface area contributed by atoms with E-state index in [1.807, 2.05) is 6.07 Å². The molecule has 1 fully saturated rings. The molecule has 9 heteroatoms. The fourth-order valence-electron chi connectivity index (χ4n) is 4.42. The van der Waals surface area contributed by atoms with E-state index in [0.29, 0.717) is 6.54 Å². The Labute approximate surface area is 200 Å². The molecule has 5 rings (SSSR count). The maximum absolute atomic E-state index is 13.2. The van der Waals surface area contributed by atoms with Gasteiger partial charge in [0, 0.05) is 24.8 Å². The molecule has 0 unspecified atom stereocenters. The molecule has 0 spiro atoms. The lowest BCUT2D eigenvalue weighted by molar-refractivity contribution is -0.133. The molecule has 8 nitrogen and oxygen atoms in total. The Kier molecular flexibility index (Phi) is 6.26. The van der Waals surface area contributed by atoms with Crippen LogP contribution in [0.5, 0.6) is 11.5 Å². The zero-order chi connectivity index (χ0) is 23.7. The first-order valence-electron chi connectivity index (χ1n) is 11.2. The van der Waals surface area contributed by atoms with Gasteiger partial charge >= 0.3 is 11.9 Å². The second-order valence-electron chi connectivity index (χ2n) is 8.54. The third-order valence-electron chi connectivity index (χ3n) is 6.25. The summed E-state index contributed by atoms with van der Waals surface area (Å²) in [5.41, 5.74) is 1.04. The topological polar surface area (TPSA) is 91.0 Å². The van der Waals surface area contributed by atoms with Gasteiger partial charge in [-0.3, -0.25) is 4.79 Å². The van der Waals surface area contributed by atoms with Crippen molar-refractivity contribution in [2.45, 2.75) is 25.8 Å². The predicted octanol–water partition coefficient (Wildman–Crippen LogP) is 3.58. The van der Waals surface area contributed by atoms with Crippen molar-refractivity contribution in [2.24, 2.45) is 5.92 Å². The summed E-state index contributed by atoms with van der Waals surface area (Å²) in [6.45, 7) is 3.31. The SMILES string of the molecule is O=C1/C=C/C(=O)Oc2c(c(Cl)cc3on(CC4CCN(CCc5ccccc5)CC4)c(=O)c23)O1. The largest absolute Gasteiger partial charge is 0.418 e. The van der Waals surface area contributed by atoms with Crippen LogP contribution in [-0.2, 0) is 22.6 Å².